The van der Waals surface area contributed by atoms with E-state index in [0.29, 0.717) is 16.7 Å². The van der Waals surface area contributed by atoms with Gasteiger partial charge in [0.25, 0.3) is 5.89 Å². The number of nitrogens with zero attached hydrogens (tertiary/aromatic N) is 4. The zero-order chi connectivity index (χ0) is 27.8. The van der Waals surface area contributed by atoms with Gasteiger partial charge >= 0.3 is 6.18 Å². The van der Waals surface area contributed by atoms with Crippen LogP contribution in [0.1, 0.15) is 23.7 Å². The molecule has 39 heavy (non-hydrogen) atoms. The first-order valence-electron chi connectivity index (χ1n) is 11.8. The fourth-order valence-electron chi connectivity index (χ4n) is 4.72. The molecule has 2 heterocycles. The monoisotopic (exact) mass is 533 g/mol. The Kier molecular flexibility index (Phi) is 6.52. The molecule has 5 aromatic rings. The molecule has 0 fully saturated rings. The number of para-hydroxylation sites is 1. The standard InChI is InChI=1S/C28H22F3N5O3/c1-17(37)27(26(32)38,19-8-4-2-5-9-19)20-14-12-18(13-15-20)24-34-25(39-35-24)22-16-33-36(23(22)28(29,30)31)21-10-6-3-7-11-21/h2-17,37H,1H3,(H2,32,38). The highest BCUT2D eigenvalue weighted by molar-refractivity contribution is 5.91. The first-order valence-corrected chi connectivity index (χ1v) is 11.8. The molecule has 5 rings (SSSR count). The van der Waals surface area contributed by atoms with E-state index in [1.807, 2.05) is 0 Å². The average Bonchev–Trinajstić information content (AvgIpc) is 3.58. The molecule has 1 amide bonds. The number of alkyl halides is 3. The molecule has 3 N–H and O–H groups in total. The molecule has 11 heteroatoms. The zero-order valence-corrected chi connectivity index (χ0v) is 20.5. The van der Waals surface area contributed by atoms with Gasteiger partial charge in [0.05, 0.1) is 23.6 Å². The summed E-state index contributed by atoms with van der Waals surface area (Å²) >= 11 is 0. The molecule has 0 spiro atoms. The summed E-state index contributed by atoms with van der Waals surface area (Å²) < 4.78 is 48.2. The van der Waals surface area contributed by atoms with Crippen molar-refractivity contribution in [1.82, 2.24) is 19.9 Å². The van der Waals surface area contributed by atoms with Crippen molar-refractivity contribution in [2.75, 3.05) is 0 Å². The van der Waals surface area contributed by atoms with Crippen molar-refractivity contribution in [3.8, 4) is 28.5 Å². The first kappa shape index (κ1) is 25.9. The van der Waals surface area contributed by atoms with Gasteiger partial charge in [-0.1, -0.05) is 78.0 Å². The summed E-state index contributed by atoms with van der Waals surface area (Å²) in [5, 5.41) is 18.5. The lowest BCUT2D eigenvalue weighted by Crippen LogP contribution is -2.50. The van der Waals surface area contributed by atoms with Gasteiger partial charge in [0.2, 0.25) is 11.7 Å². The summed E-state index contributed by atoms with van der Waals surface area (Å²) in [7, 11) is 0. The third-order valence-corrected chi connectivity index (χ3v) is 6.54. The Balaban J connectivity index is 1.53. The number of hydrogen-bond donors (Lipinski definition) is 2. The predicted octanol–water partition coefficient (Wildman–Crippen LogP) is 4.76. The molecule has 3 aromatic carbocycles. The molecule has 0 aliphatic carbocycles. The van der Waals surface area contributed by atoms with Crippen molar-refractivity contribution in [2.45, 2.75) is 24.6 Å². The van der Waals surface area contributed by atoms with E-state index in [1.165, 1.54) is 19.1 Å². The van der Waals surface area contributed by atoms with Crippen molar-refractivity contribution in [1.29, 1.82) is 0 Å². The number of carbonyl (C=O) groups is 1. The molecule has 0 aliphatic heterocycles. The minimum atomic E-state index is -4.76. The zero-order valence-electron chi connectivity index (χ0n) is 20.5. The highest BCUT2D eigenvalue weighted by Crippen LogP contribution is 2.39. The third-order valence-electron chi connectivity index (χ3n) is 6.54. The summed E-state index contributed by atoms with van der Waals surface area (Å²) in [5.41, 5.74) is 4.43. The molecule has 198 valence electrons. The number of aliphatic hydroxyl groups excluding tert-OH is 1. The summed E-state index contributed by atoms with van der Waals surface area (Å²) in [6.07, 6.45) is -4.89. The van der Waals surface area contributed by atoms with Crippen LogP contribution < -0.4 is 5.73 Å². The molecule has 2 unspecified atom stereocenters. The van der Waals surface area contributed by atoms with Gasteiger partial charge < -0.3 is 15.4 Å². The van der Waals surface area contributed by atoms with Crippen LogP contribution in [0, 0.1) is 0 Å². The van der Waals surface area contributed by atoms with Crippen LogP contribution in [0.25, 0.3) is 28.5 Å². The highest BCUT2D eigenvalue weighted by atomic mass is 19.4. The largest absolute Gasteiger partial charge is 0.434 e. The summed E-state index contributed by atoms with van der Waals surface area (Å²) in [4.78, 5) is 16.9. The lowest BCUT2D eigenvalue weighted by Gasteiger charge is -2.34. The number of amides is 1. The molecule has 0 saturated carbocycles. The van der Waals surface area contributed by atoms with E-state index >= 15 is 0 Å². The molecule has 0 saturated heterocycles. The smallest absolute Gasteiger partial charge is 0.392 e. The molecular weight excluding hydrogens is 511 g/mol. The van der Waals surface area contributed by atoms with Crippen LogP contribution in [0.3, 0.4) is 0 Å². The number of hydrogen-bond acceptors (Lipinski definition) is 6. The van der Waals surface area contributed by atoms with Crippen LogP contribution in [0.2, 0.25) is 0 Å². The number of primary amides is 1. The van der Waals surface area contributed by atoms with Crippen molar-refractivity contribution in [3.05, 3.63) is 108 Å². The van der Waals surface area contributed by atoms with Crippen LogP contribution in [0.5, 0.6) is 0 Å². The maximum Gasteiger partial charge on any atom is 0.434 e. The minimum Gasteiger partial charge on any atom is -0.392 e. The van der Waals surface area contributed by atoms with Crippen LogP contribution in [-0.2, 0) is 16.4 Å². The van der Waals surface area contributed by atoms with Gasteiger partial charge in [-0.3, -0.25) is 4.79 Å². The van der Waals surface area contributed by atoms with Gasteiger partial charge in [0, 0.05) is 5.56 Å². The lowest BCUT2D eigenvalue weighted by molar-refractivity contribution is -0.142. The van der Waals surface area contributed by atoms with Gasteiger partial charge in [-0.25, -0.2) is 4.68 Å². The predicted molar refractivity (Wildman–Crippen MR) is 135 cm³/mol. The summed E-state index contributed by atoms with van der Waals surface area (Å²) in [6, 6.07) is 22.9. The highest BCUT2D eigenvalue weighted by Gasteiger charge is 2.45. The second-order valence-corrected chi connectivity index (χ2v) is 8.87. The van der Waals surface area contributed by atoms with Crippen molar-refractivity contribution in [2.24, 2.45) is 5.73 Å². The number of carbonyl (C=O) groups excluding carboxylic acids is 1. The van der Waals surface area contributed by atoms with Gasteiger partial charge in [-0.2, -0.15) is 23.3 Å². The number of halogens is 3. The van der Waals surface area contributed by atoms with E-state index in [2.05, 4.69) is 15.2 Å². The lowest BCUT2D eigenvalue weighted by atomic mass is 9.70. The van der Waals surface area contributed by atoms with E-state index in [-0.39, 0.29) is 23.0 Å². The minimum absolute atomic E-state index is 0.0265. The van der Waals surface area contributed by atoms with Crippen LogP contribution in [0.4, 0.5) is 13.2 Å². The Morgan fingerprint density at radius 3 is 2.10 bits per heavy atom. The van der Waals surface area contributed by atoms with Gasteiger partial charge in [0.1, 0.15) is 5.41 Å². The number of nitrogens with two attached hydrogens (primary N) is 1. The van der Waals surface area contributed by atoms with E-state index in [9.17, 15) is 23.1 Å². The molecule has 2 atom stereocenters. The second kappa shape index (κ2) is 9.84. The first-order chi connectivity index (χ1) is 18.6. The fourth-order valence-corrected chi connectivity index (χ4v) is 4.72. The van der Waals surface area contributed by atoms with E-state index in [1.54, 1.807) is 72.8 Å². The summed E-state index contributed by atoms with van der Waals surface area (Å²) in [6.45, 7) is 1.48. The molecular formula is C28H22F3N5O3. The van der Waals surface area contributed by atoms with Crippen LogP contribution >= 0.6 is 0 Å². The van der Waals surface area contributed by atoms with Crippen molar-refractivity contribution in [3.63, 3.8) is 0 Å². The molecule has 0 bridgehead atoms. The van der Waals surface area contributed by atoms with Gasteiger partial charge in [0.15, 0.2) is 5.69 Å². The van der Waals surface area contributed by atoms with Crippen LogP contribution in [0.15, 0.2) is 95.6 Å². The Labute approximate surface area is 220 Å². The Morgan fingerprint density at radius 2 is 1.54 bits per heavy atom. The fraction of sp³-hybridized carbons (Fsp3) is 0.143. The van der Waals surface area contributed by atoms with E-state index in [4.69, 9.17) is 10.3 Å². The average molecular weight is 534 g/mol. The summed E-state index contributed by atoms with van der Waals surface area (Å²) in [5.74, 6) is -1.07. The van der Waals surface area contributed by atoms with Crippen molar-refractivity contribution < 1.29 is 27.6 Å². The number of benzene rings is 3. The van der Waals surface area contributed by atoms with E-state index in [0.717, 1.165) is 10.9 Å². The number of aromatic nitrogens is 4. The molecule has 2 aromatic heterocycles. The van der Waals surface area contributed by atoms with Crippen LogP contribution in [-0.4, -0.2) is 37.0 Å². The molecule has 0 radical (unpaired) electrons. The molecule has 0 aliphatic rings. The third kappa shape index (κ3) is 4.46. The Bertz CT molecular complexity index is 1600. The van der Waals surface area contributed by atoms with Crippen molar-refractivity contribution >= 4 is 5.91 Å². The topological polar surface area (TPSA) is 120 Å². The maximum absolute atomic E-state index is 14.1. The maximum atomic E-state index is 14.1. The quantitative estimate of drug-likeness (QED) is 0.311. The Morgan fingerprint density at radius 1 is 0.949 bits per heavy atom. The van der Waals surface area contributed by atoms with E-state index < -0.39 is 29.3 Å². The SMILES string of the molecule is CC(O)C(C(N)=O)(c1ccccc1)c1ccc(-c2noc(-c3cnn(-c4ccccc4)c3C(F)(F)F)n2)cc1. The second-order valence-electron chi connectivity index (χ2n) is 8.87. The van der Waals surface area contributed by atoms with Gasteiger partial charge in [-0.15, -0.1) is 0 Å². The number of aliphatic hydroxyl groups is 1. The van der Waals surface area contributed by atoms with Gasteiger partial charge in [-0.05, 0) is 30.2 Å². The Hall–Kier alpha value is -4.77. The molecule has 8 nitrogen and oxygen atoms in total. The number of rotatable bonds is 7. The normalized spacial score (nSPS) is 14.1.